The van der Waals surface area contributed by atoms with E-state index in [-0.39, 0.29) is 12.3 Å². The summed E-state index contributed by atoms with van der Waals surface area (Å²) >= 11 is 0. The molecule has 0 aliphatic carbocycles. The minimum atomic E-state index is -4.41. The van der Waals surface area contributed by atoms with E-state index in [9.17, 15) is 22.4 Å². The van der Waals surface area contributed by atoms with Crippen molar-refractivity contribution in [1.82, 2.24) is 9.78 Å². The van der Waals surface area contributed by atoms with Crippen molar-refractivity contribution < 1.29 is 27.1 Å². The largest absolute Gasteiger partial charge is 0.411 e. The van der Waals surface area contributed by atoms with Gasteiger partial charge in [0.1, 0.15) is 12.4 Å². The number of nitrogens with zero attached hydrogens (tertiary/aromatic N) is 2. The number of rotatable bonds is 6. The number of primary amides is 1. The predicted molar refractivity (Wildman–Crippen MR) is 93.2 cm³/mol. The van der Waals surface area contributed by atoms with Crippen LogP contribution < -0.4 is 5.73 Å². The summed E-state index contributed by atoms with van der Waals surface area (Å²) in [5.74, 6) is -1.18. The van der Waals surface area contributed by atoms with Gasteiger partial charge in [-0.25, -0.2) is 9.07 Å². The zero-order chi connectivity index (χ0) is 20.3. The molecule has 0 unspecified atom stereocenters. The molecule has 0 aliphatic rings. The minimum Gasteiger partial charge on any atom is -0.367 e. The Balaban J connectivity index is 1.95. The highest BCUT2D eigenvalue weighted by Crippen LogP contribution is 2.26. The number of carbonyl (C=O) groups excluding carboxylic acids is 1. The molecule has 0 aliphatic heterocycles. The number of benzene rings is 2. The van der Waals surface area contributed by atoms with Crippen LogP contribution in [0.5, 0.6) is 0 Å². The van der Waals surface area contributed by atoms with Crippen LogP contribution in [0.2, 0.25) is 0 Å². The molecular weight excluding hydrogens is 378 g/mol. The lowest BCUT2D eigenvalue weighted by atomic mass is 10.1. The molecule has 0 radical (unpaired) electrons. The second-order valence-electron chi connectivity index (χ2n) is 5.98. The number of hydrogen-bond acceptors (Lipinski definition) is 3. The van der Waals surface area contributed by atoms with Gasteiger partial charge in [0.15, 0.2) is 5.69 Å². The first-order valence-corrected chi connectivity index (χ1v) is 8.12. The van der Waals surface area contributed by atoms with Crippen molar-refractivity contribution in [2.24, 2.45) is 5.73 Å². The van der Waals surface area contributed by atoms with Crippen molar-refractivity contribution in [3.8, 4) is 16.9 Å². The molecule has 3 aromatic rings. The van der Waals surface area contributed by atoms with Crippen LogP contribution in [0.4, 0.5) is 17.6 Å². The molecule has 1 heterocycles. The molecule has 0 saturated carbocycles. The van der Waals surface area contributed by atoms with E-state index in [1.165, 1.54) is 35.0 Å². The molecule has 0 fully saturated rings. The minimum absolute atomic E-state index is 0.00181. The summed E-state index contributed by atoms with van der Waals surface area (Å²) in [5.41, 5.74) is 7.36. The Bertz CT molecular complexity index is 982. The molecule has 0 spiro atoms. The maximum atomic E-state index is 13.2. The van der Waals surface area contributed by atoms with E-state index >= 15 is 0 Å². The van der Waals surface area contributed by atoms with Gasteiger partial charge in [0.25, 0.3) is 5.91 Å². The third-order valence-corrected chi connectivity index (χ3v) is 3.79. The van der Waals surface area contributed by atoms with E-state index in [1.807, 2.05) is 0 Å². The van der Waals surface area contributed by atoms with Gasteiger partial charge >= 0.3 is 6.18 Å². The second-order valence-corrected chi connectivity index (χ2v) is 5.98. The SMILES string of the molecule is NC(=O)c1cc(-c2cccc(COCC(F)(F)F)c2)n(-c2ccc(F)cc2)n1. The number of amides is 1. The fraction of sp³-hybridized carbons (Fsp3) is 0.158. The van der Waals surface area contributed by atoms with Gasteiger partial charge in [0.2, 0.25) is 0 Å². The average Bonchev–Trinajstić information content (AvgIpc) is 3.07. The normalized spacial score (nSPS) is 11.6. The summed E-state index contributed by atoms with van der Waals surface area (Å²) in [7, 11) is 0. The fourth-order valence-electron chi connectivity index (χ4n) is 2.59. The lowest BCUT2D eigenvalue weighted by Gasteiger charge is -2.10. The summed E-state index contributed by atoms with van der Waals surface area (Å²) in [6.45, 7) is -1.59. The van der Waals surface area contributed by atoms with Crippen LogP contribution in [0.3, 0.4) is 0 Å². The van der Waals surface area contributed by atoms with Crippen molar-refractivity contribution in [2.45, 2.75) is 12.8 Å². The Morgan fingerprint density at radius 3 is 2.46 bits per heavy atom. The Kier molecular flexibility index (Phi) is 5.46. The number of nitrogens with two attached hydrogens (primary N) is 1. The monoisotopic (exact) mass is 393 g/mol. The van der Waals surface area contributed by atoms with Gasteiger partial charge in [-0.15, -0.1) is 0 Å². The molecule has 1 amide bonds. The van der Waals surface area contributed by atoms with E-state index in [2.05, 4.69) is 9.84 Å². The molecule has 5 nitrogen and oxygen atoms in total. The smallest absolute Gasteiger partial charge is 0.367 e. The first-order chi connectivity index (χ1) is 13.2. The Morgan fingerprint density at radius 1 is 1.11 bits per heavy atom. The van der Waals surface area contributed by atoms with Gasteiger partial charge in [-0.3, -0.25) is 4.79 Å². The fourth-order valence-corrected chi connectivity index (χ4v) is 2.59. The molecule has 9 heteroatoms. The number of carbonyl (C=O) groups is 1. The molecule has 2 aromatic carbocycles. The van der Waals surface area contributed by atoms with Crippen LogP contribution in [0, 0.1) is 5.82 Å². The first kappa shape index (κ1) is 19.6. The van der Waals surface area contributed by atoms with Crippen molar-refractivity contribution in [3.05, 3.63) is 71.7 Å². The summed E-state index contributed by atoms with van der Waals surface area (Å²) in [5, 5.41) is 4.15. The Hall–Kier alpha value is -3.20. The van der Waals surface area contributed by atoms with E-state index in [4.69, 9.17) is 5.73 Å². The van der Waals surface area contributed by atoms with Gasteiger partial charge < -0.3 is 10.5 Å². The standard InChI is InChI=1S/C19H15F4N3O2/c20-14-4-6-15(7-5-14)26-17(9-16(25-26)18(24)27)13-3-1-2-12(8-13)10-28-11-19(21,22)23/h1-9H,10-11H2,(H2,24,27). The number of hydrogen-bond donors (Lipinski definition) is 1. The topological polar surface area (TPSA) is 70.1 Å². The van der Waals surface area contributed by atoms with Gasteiger partial charge in [-0.1, -0.05) is 18.2 Å². The molecule has 0 saturated heterocycles. The van der Waals surface area contributed by atoms with Crippen molar-refractivity contribution in [2.75, 3.05) is 6.61 Å². The maximum absolute atomic E-state index is 13.2. The molecular formula is C19H15F4N3O2. The highest BCUT2D eigenvalue weighted by Gasteiger charge is 2.27. The third-order valence-electron chi connectivity index (χ3n) is 3.79. The van der Waals surface area contributed by atoms with Crippen LogP contribution in [0.15, 0.2) is 54.6 Å². The number of alkyl halides is 3. The van der Waals surface area contributed by atoms with Gasteiger partial charge in [0.05, 0.1) is 18.0 Å². The predicted octanol–water partition coefficient (Wildman–Crippen LogP) is 3.86. The molecule has 0 bridgehead atoms. The van der Waals surface area contributed by atoms with Gasteiger partial charge in [-0.2, -0.15) is 18.3 Å². The zero-order valence-corrected chi connectivity index (χ0v) is 14.4. The number of halogens is 4. The summed E-state index contributed by atoms with van der Waals surface area (Å²) in [6, 6.07) is 13.5. The lowest BCUT2D eigenvalue weighted by Crippen LogP contribution is -2.16. The van der Waals surface area contributed by atoms with Crippen LogP contribution in [-0.2, 0) is 11.3 Å². The van der Waals surface area contributed by atoms with E-state index in [1.54, 1.807) is 24.3 Å². The molecule has 3 rings (SSSR count). The zero-order valence-electron chi connectivity index (χ0n) is 14.4. The lowest BCUT2D eigenvalue weighted by molar-refractivity contribution is -0.176. The Morgan fingerprint density at radius 2 is 1.82 bits per heavy atom. The van der Waals surface area contributed by atoms with Gasteiger partial charge in [0, 0.05) is 5.56 Å². The summed E-state index contributed by atoms with van der Waals surface area (Å²) < 4.78 is 56.0. The van der Waals surface area contributed by atoms with Gasteiger partial charge in [-0.05, 0) is 42.0 Å². The molecule has 28 heavy (non-hydrogen) atoms. The Labute approximate surface area is 157 Å². The quantitative estimate of drug-likeness (QED) is 0.647. The molecule has 2 N–H and O–H groups in total. The van der Waals surface area contributed by atoms with E-state index < -0.39 is 24.5 Å². The summed E-state index contributed by atoms with van der Waals surface area (Å²) in [6.07, 6.45) is -4.41. The van der Waals surface area contributed by atoms with Crippen LogP contribution in [0.25, 0.3) is 16.9 Å². The number of aromatic nitrogens is 2. The van der Waals surface area contributed by atoms with E-state index in [0.717, 1.165) is 0 Å². The number of ether oxygens (including phenoxy) is 1. The van der Waals surface area contributed by atoms with Crippen LogP contribution in [0.1, 0.15) is 16.1 Å². The van der Waals surface area contributed by atoms with Crippen LogP contribution >= 0.6 is 0 Å². The second kappa shape index (κ2) is 7.81. The first-order valence-electron chi connectivity index (χ1n) is 8.12. The highest BCUT2D eigenvalue weighted by molar-refractivity contribution is 5.92. The van der Waals surface area contributed by atoms with Crippen molar-refractivity contribution in [1.29, 1.82) is 0 Å². The molecule has 146 valence electrons. The summed E-state index contributed by atoms with van der Waals surface area (Å²) in [4.78, 5) is 11.5. The van der Waals surface area contributed by atoms with Crippen molar-refractivity contribution in [3.63, 3.8) is 0 Å². The average molecular weight is 393 g/mol. The maximum Gasteiger partial charge on any atom is 0.411 e. The molecule has 0 atom stereocenters. The van der Waals surface area contributed by atoms with Crippen LogP contribution in [-0.4, -0.2) is 28.5 Å². The van der Waals surface area contributed by atoms with E-state index in [0.29, 0.717) is 22.5 Å². The van der Waals surface area contributed by atoms with Crippen molar-refractivity contribution >= 4 is 5.91 Å². The third kappa shape index (κ3) is 4.74. The highest BCUT2D eigenvalue weighted by atomic mass is 19.4. The molecule has 1 aromatic heterocycles.